The average Bonchev–Trinajstić information content (AvgIpc) is 3.49. The minimum absolute atomic E-state index is 0. The first-order valence-corrected chi connectivity index (χ1v) is 13.1. The summed E-state index contributed by atoms with van der Waals surface area (Å²) in [6.07, 6.45) is 0. The predicted molar refractivity (Wildman–Crippen MR) is 157 cm³/mol. The van der Waals surface area contributed by atoms with E-state index in [-0.39, 0.29) is 40.2 Å². The quantitative estimate of drug-likeness (QED) is 0.143. The number of aromatic nitrogens is 4. The summed E-state index contributed by atoms with van der Waals surface area (Å²) in [6, 6.07) is 37.1. The summed E-state index contributed by atoms with van der Waals surface area (Å²) >= 11 is 0. The second kappa shape index (κ2) is 14.5. The van der Waals surface area contributed by atoms with Crippen molar-refractivity contribution in [3.8, 4) is 23.1 Å². The first-order valence-electron chi connectivity index (χ1n) is 13.1. The number of nitrogens with zero attached hydrogens (tertiary/aromatic N) is 8. The molecule has 0 unspecified atom stereocenters. The van der Waals surface area contributed by atoms with Crippen LogP contribution < -0.4 is 10.2 Å². The maximum atomic E-state index is 12.4. The minimum atomic E-state index is -0.265. The van der Waals surface area contributed by atoms with Gasteiger partial charge in [0.25, 0.3) is 0 Å². The van der Waals surface area contributed by atoms with E-state index in [0.29, 0.717) is 34.1 Å². The van der Waals surface area contributed by atoms with Crippen molar-refractivity contribution in [2.45, 2.75) is 13.8 Å². The molecular formula is C32H26CuN8O2. The molecule has 0 aliphatic carbocycles. The van der Waals surface area contributed by atoms with Crippen LogP contribution in [-0.2, 0) is 17.1 Å². The van der Waals surface area contributed by atoms with Crippen molar-refractivity contribution < 1.29 is 27.3 Å². The van der Waals surface area contributed by atoms with Gasteiger partial charge < -0.3 is 10.2 Å². The molecular weight excluding hydrogens is 592 g/mol. The molecule has 2 aromatic heterocycles. The van der Waals surface area contributed by atoms with Crippen LogP contribution in [0.15, 0.2) is 142 Å². The molecule has 6 rings (SSSR count). The Kier molecular flexibility index (Phi) is 10.3. The molecule has 6 aromatic rings. The smallest absolute Gasteiger partial charge is 0.857 e. The fourth-order valence-corrected chi connectivity index (χ4v) is 3.92. The van der Waals surface area contributed by atoms with E-state index < -0.39 is 0 Å². The van der Waals surface area contributed by atoms with Crippen molar-refractivity contribution in [2.75, 3.05) is 0 Å². The third-order valence-corrected chi connectivity index (χ3v) is 6.02. The van der Waals surface area contributed by atoms with Crippen molar-refractivity contribution >= 4 is 22.7 Å². The van der Waals surface area contributed by atoms with Crippen LogP contribution in [0, 0.1) is 13.8 Å². The topological polar surface area (TPSA) is 131 Å². The van der Waals surface area contributed by atoms with E-state index in [0.717, 1.165) is 0 Å². The molecule has 0 amide bonds. The minimum Gasteiger partial charge on any atom is -0.857 e. The van der Waals surface area contributed by atoms with E-state index in [1.54, 1.807) is 13.8 Å². The molecule has 217 valence electrons. The van der Waals surface area contributed by atoms with Gasteiger partial charge in [0.15, 0.2) is 0 Å². The van der Waals surface area contributed by atoms with Crippen LogP contribution in [0.5, 0.6) is 11.8 Å². The van der Waals surface area contributed by atoms with Gasteiger partial charge in [-0.3, -0.25) is 0 Å². The summed E-state index contributed by atoms with van der Waals surface area (Å²) in [5.41, 5.74) is 4.48. The van der Waals surface area contributed by atoms with Gasteiger partial charge in [-0.15, -0.1) is 10.2 Å². The molecule has 0 spiro atoms. The van der Waals surface area contributed by atoms with Gasteiger partial charge in [0.1, 0.15) is 11.4 Å². The van der Waals surface area contributed by atoms with Crippen molar-refractivity contribution in [1.29, 1.82) is 0 Å². The molecule has 10 nitrogen and oxygen atoms in total. The molecule has 0 saturated carbocycles. The van der Waals surface area contributed by atoms with Crippen LogP contribution in [-0.4, -0.2) is 19.6 Å². The number of hydrogen-bond acceptors (Lipinski definition) is 8. The number of azo groups is 2. The van der Waals surface area contributed by atoms with Crippen molar-refractivity contribution in [3.05, 3.63) is 133 Å². The molecule has 0 aliphatic rings. The fourth-order valence-electron chi connectivity index (χ4n) is 3.92. The molecule has 4 aromatic carbocycles. The summed E-state index contributed by atoms with van der Waals surface area (Å²) < 4.78 is 2.68. The Morgan fingerprint density at radius 3 is 1.09 bits per heavy atom. The van der Waals surface area contributed by atoms with E-state index in [4.69, 9.17) is 0 Å². The van der Waals surface area contributed by atoms with Gasteiger partial charge >= 0.3 is 17.1 Å². The van der Waals surface area contributed by atoms with Crippen LogP contribution in [0.3, 0.4) is 0 Å². The Hall–Kier alpha value is -5.38. The number of hydrogen-bond donors (Lipinski definition) is 0. The molecule has 11 heteroatoms. The van der Waals surface area contributed by atoms with E-state index in [1.807, 2.05) is 121 Å². The number of para-hydroxylation sites is 2. The summed E-state index contributed by atoms with van der Waals surface area (Å²) in [5, 5.41) is 49.5. The molecule has 2 heterocycles. The number of benzene rings is 4. The van der Waals surface area contributed by atoms with E-state index >= 15 is 0 Å². The van der Waals surface area contributed by atoms with Crippen molar-refractivity contribution in [2.24, 2.45) is 20.5 Å². The summed E-state index contributed by atoms with van der Waals surface area (Å²) in [7, 11) is 0. The molecule has 0 aliphatic heterocycles. The Morgan fingerprint density at radius 2 is 0.767 bits per heavy atom. The first kappa shape index (κ1) is 30.6. The van der Waals surface area contributed by atoms with Crippen LogP contribution in [0.4, 0.5) is 22.7 Å². The third kappa shape index (κ3) is 7.48. The summed E-state index contributed by atoms with van der Waals surface area (Å²) in [5.74, 6) is -0.531. The van der Waals surface area contributed by atoms with E-state index in [1.165, 1.54) is 9.36 Å². The van der Waals surface area contributed by atoms with Gasteiger partial charge in [0.05, 0.1) is 34.1 Å². The van der Waals surface area contributed by atoms with Gasteiger partial charge in [-0.25, -0.2) is 9.36 Å². The first-order chi connectivity index (χ1) is 20.5. The van der Waals surface area contributed by atoms with Crippen LogP contribution in [0.25, 0.3) is 11.4 Å². The van der Waals surface area contributed by atoms with Crippen LogP contribution in [0.1, 0.15) is 11.4 Å². The van der Waals surface area contributed by atoms with Crippen LogP contribution in [0.2, 0.25) is 0 Å². The second-order valence-corrected chi connectivity index (χ2v) is 9.04. The number of rotatable bonds is 6. The maximum absolute atomic E-state index is 12.4. The summed E-state index contributed by atoms with van der Waals surface area (Å²) in [6.45, 7) is 3.50. The zero-order chi connectivity index (χ0) is 29.3. The normalized spacial score (nSPS) is 10.8. The largest absolute Gasteiger partial charge is 2.00 e. The molecule has 0 N–H and O–H groups in total. The predicted octanol–water partition coefficient (Wildman–Crippen LogP) is 7.34. The Labute approximate surface area is 259 Å². The molecule has 43 heavy (non-hydrogen) atoms. The number of aryl methyl sites for hydroxylation is 2. The molecule has 0 atom stereocenters. The maximum Gasteiger partial charge on any atom is 2.00 e. The average molecular weight is 618 g/mol. The Bertz CT molecular complexity index is 1670. The summed E-state index contributed by atoms with van der Waals surface area (Å²) in [4.78, 5) is 0. The Balaban J connectivity index is 0.000000192. The third-order valence-electron chi connectivity index (χ3n) is 6.02. The van der Waals surface area contributed by atoms with Crippen molar-refractivity contribution in [1.82, 2.24) is 19.6 Å². The molecule has 0 bridgehead atoms. The molecule has 0 saturated heterocycles. The Morgan fingerprint density at radius 1 is 0.465 bits per heavy atom. The van der Waals surface area contributed by atoms with Gasteiger partial charge in [0, 0.05) is 11.8 Å². The fraction of sp³-hybridized carbons (Fsp3) is 0.0625. The zero-order valence-electron chi connectivity index (χ0n) is 23.2. The zero-order valence-corrected chi connectivity index (χ0v) is 24.2. The van der Waals surface area contributed by atoms with E-state index in [9.17, 15) is 10.2 Å². The molecule has 0 fully saturated rings. The molecule has 1 radical (unpaired) electrons. The monoisotopic (exact) mass is 617 g/mol. The van der Waals surface area contributed by atoms with Gasteiger partial charge in [-0.05, 0) is 62.4 Å². The SMILES string of the molecule is Cc1nn(-c2ccccc2)c([O-])c1N=Nc1ccccc1.Cc1nn(-c2ccccc2)c([O-])c1N=Nc1ccccc1.[Cu+2]. The van der Waals surface area contributed by atoms with Gasteiger partial charge in [-0.1, -0.05) is 72.8 Å². The standard InChI is InChI=1S/2C16H14N4O.Cu/c2*1-12-15(18-17-13-8-4-2-5-9-13)16(21)20(19-12)14-10-6-3-7-11-14;/h2*2-11,21H,1H3;/q;;+2/p-2. The van der Waals surface area contributed by atoms with E-state index in [2.05, 4.69) is 30.7 Å². The van der Waals surface area contributed by atoms with Crippen LogP contribution >= 0.6 is 0 Å². The second-order valence-electron chi connectivity index (χ2n) is 9.04. The van der Waals surface area contributed by atoms with Gasteiger partial charge in [-0.2, -0.15) is 20.4 Å². The van der Waals surface area contributed by atoms with Crippen molar-refractivity contribution in [3.63, 3.8) is 0 Å². The van der Waals surface area contributed by atoms with Gasteiger partial charge in [0.2, 0.25) is 0 Å².